The van der Waals surface area contributed by atoms with Crippen molar-refractivity contribution < 1.29 is 9.47 Å². The van der Waals surface area contributed by atoms with Gasteiger partial charge in [0.2, 0.25) is 5.82 Å². The molecular weight excluding hydrogens is 412 g/mol. The Kier molecular flexibility index (Phi) is 7.00. The first-order valence-electron chi connectivity index (χ1n) is 8.89. The second kappa shape index (κ2) is 9.67. The Hall–Kier alpha value is -2.71. The van der Waals surface area contributed by atoms with Crippen LogP contribution < -0.4 is 20.3 Å². The molecule has 152 valence electrons. The SMILES string of the molecule is CCn1c(SCc2ccc(OC)c(OC)c2)nnc(Nc2ccc(Cl)cc2)c1=O. The molecule has 0 saturated carbocycles. The lowest BCUT2D eigenvalue weighted by molar-refractivity contribution is 0.354. The Balaban J connectivity index is 1.79. The minimum Gasteiger partial charge on any atom is -0.493 e. The summed E-state index contributed by atoms with van der Waals surface area (Å²) in [4.78, 5) is 12.8. The molecule has 0 bridgehead atoms. The first-order chi connectivity index (χ1) is 14.0. The quantitative estimate of drug-likeness (QED) is 0.529. The van der Waals surface area contributed by atoms with Crippen LogP contribution in [-0.4, -0.2) is 29.0 Å². The number of hydrogen-bond acceptors (Lipinski definition) is 7. The number of nitrogens with one attached hydrogen (secondary N) is 1. The van der Waals surface area contributed by atoms with Crippen LogP contribution in [0.4, 0.5) is 11.5 Å². The van der Waals surface area contributed by atoms with Gasteiger partial charge in [0.1, 0.15) is 0 Å². The minimum atomic E-state index is -0.229. The number of thioether (sulfide) groups is 1. The van der Waals surface area contributed by atoms with E-state index in [1.165, 1.54) is 11.8 Å². The summed E-state index contributed by atoms with van der Waals surface area (Å²) in [5.41, 5.74) is 1.51. The van der Waals surface area contributed by atoms with Gasteiger partial charge in [-0.3, -0.25) is 9.36 Å². The van der Waals surface area contributed by atoms with E-state index in [0.29, 0.717) is 39.7 Å². The number of anilines is 2. The maximum absolute atomic E-state index is 12.8. The highest BCUT2D eigenvalue weighted by molar-refractivity contribution is 7.98. The van der Waals surface area contributed by atoms with Crippen molar-refractivity contribution >= 4 is 34.9 Å². The van der Waals surface area contributed by atoms with Crippen LogP contribution in [0.1, 0.15) is 12.5 Å². The van der Waals surface area contributed by atoms with E-state index in [4.69, 9.17) is 21.1 Å². The lowest BCUT2D eigenvalue weighted by Gasteiger charge is -2.12. The highest BCUT2D eigenvalue weighted by atomic mass is 35.5. The number of halogens is 1. The van der Waals surface area contributed by atoms with E-state index in [2.05, 4.69) is 15.5 Å². The van der Waals surface area contributed by atoms with Crippen LogP contribution in [0.3, 0.4) is 0 Å². The van der Waals surface area contributed by atoms with Crippen molar-refractivity contribution in [2.24, 2.45) is 0 Å². The Morgan fingerprint density at radius 1 is 1.07 bits per heavy atom. The van der Waals surface area contributed by atoms with Crippen LogP contribution in [0, 0.1) is 0 Å². The summed E-state index contributed by atoms with van der Waals surface area (Å²) in [6.07, 6.45) is 0. The van der Waals surface area contributed by atoms with Gasteiger partial charge in [-0.25, -0.2) is 0 Å². The molecule has 1 aromatic heterocycles. The molecule has 3 aromatic rings. The van der Waals surface area contributed by atoms with Gasteiger partial charge in [-0.05, 0) is 48.9 Å². The Bertz CT molecular complexity index is 1040. The van der Waals surface area contributed by atoms with E-state index in [1.807, 2.05) is 25.1 Å². The first-order valence-corrected chi connectivity index (χ1v) is 10.3. The average Bonchev–Trinajstić information content (AvgIpc) is 2.75. The molecule has 0 aliphatic carbocycles. The molecule has 0 fully saturated rings. The molecule has 2 aromatic carbocycles. The van der Waals surface area contributed by atoms with Crippen molar-refractivity contribution in [1.82, 2.24) is 14.8 Å². The molecule has 0 saturated heterocycles. The largest absolute Gasteiger partial charge is 0.493 e. The predicted molar refractivity (Wildman–Crippen MR) is 116 cm³/mol. The molecule has 0 unspecified atom stereocenters. The van der Waals surface area contributed by atoms with Gasteiger partial charge in [0.05, 0.1) is 14.2 Å². The molecule has 0 aliphatic heterocycles. The number of methoxy groups -OCH3 is 2. The first kappa shape index (κ1) is 21.0. The topological polar surface area (TPSA) is 78.3 Å². The van der Waals surface area contributed by atoms with Crippen LogP contribution in [0.15, 0.2) is 52.4 Å². The maximum atomic E-state index is 12.8. The van der Waals surface area contributed by atoms with Gasteiger partial charge in [0.15, 0.2) is 16.7 Å². The van der Waals surface area contributed by atoms with E-state index >= 15 is 0 Å². The lowest BCUT2D eigenvalue weighted by atomic mass is 10.2. The molecular formula is C20H21ClN4O3S. The Morgan fingerprint density at radius 3 is 2.45 bits per heavy atom. The normalized spacial score (nSPS) is 10.6. The van der Waals surface area contributed by atoms with Gasteiger partial charge in [-0.1, -0.05) is 29.4 Å². The third-order valence-electron chi connectivity index (χ3n) is 4.15. The lowest BCUT2D eigenvalue weighted by Crippen LogP contribution is -2.26. The van der Waals surface area contributed by atoms with E-state index in [0.717, 1.165) is 5.56 Å². The number of ether oxygens (including phenoxy) is 2. The average molecular weight is 433 g/mol. The summed E-state index contributed by atoms with van der Waals surface area (Å²) >= 11 is 7.33. The van der Waals surface area contributed by atoms with Gasteiger partial charge in [0.25, 0.3) is 5.56 Å². The summed E-state index contributed by atoms with van der Waals surface area (Å²) < 4.78 is 12.2. The molecule has 29 heavy (non-hydrogen) atoms. The molecule has 1 N–H and O–H groups in total. The number of nitrogens with zero attached hydrogens (tertiary/aromatic N) is 3. The van der Waals surface area contributed by atoms with Gasteiger partial charge >= 0.3 is 0 Å². The summed E-state index contributed by atoms with van der Waals surface area (Å²) in [5, 5.41) is 12.5. The number of rotatable bonds is 8. The molecule has 1 heterocycles. The number of aromatic nitrogens is 3. The van der Waals surface area contributed by atoms with E-state index in [1.54, 1.807) is 43.1 Å². The fourth-order valence-electron chi connectivity index (χ4n) is 2.66. The van der Waals surface area contributed by atoms with Crippen LogP contribution in [0.25, 0.3) is 0 Å². The third kappa shape index (κ3) is 5.02. The van der Waals surface area contributed by atoms with E-state index in [9.17, 15) is 4.79 Å². The molecule has 0 radical (unpaired) electrons. The fraction of sp³-hybridized carbons (Fsp3) is 0.250. The zero-order valence-electron chi connectivity index (χ0n) is 16.3. The second-order valence-corrected chi connectivity index (χ2v) is 7.37. The highest BCUT2D eigenvalue weighted by Crippen LogP contribution is 2.30. The highest BCUT2D eigenvalue weighted by Gasteiger charge is 2.13. The van der Waals surface area contributed by atoms with E-state index in [-0.39, 0.29) is 11.4 Å². The van der Waals surface area contributed by atoms with Crippen molar-refractivity contribution in [1.29, 1.82) is 0 Å². The van der Waals surface area contributed by atoms with Gasteiger partial charge in [-0.2, -0.15) is 0 Å². The van der Waals surface area contributed by atoms with Gasteiger partial charge < -0.3 is 14.8 Å². The maximum Gasteiger partial charge on any atom is 0.297 e. The Morgan fingerprint density at radius 2 is 1.79 bits per heavy atom. The third-order valence-corrected chi connectivity index (χ3v) is 5.44. The molecule has 0 spiro atoms. The molecule has 0 atom stereocenters. The zero-order valence-corrected chi connectivity index (χ0v) is 17.9. The van der Waals surface area contributed by atoms with Crippen LogP contribution in [0.2, 0.25) is 5.02 Å². The molecule has 3 rings (SSSR count). The summed E-state index contributed by atoms with van der Waals surface area (Å²) in [7, 11) is 3.20. The number of hydrogen-bond donors (Lipinski definition) is 1. The molecule has 7 nitrogen and oxygen atoms in total. The molecule has 9 heteroatoms. The Labute approximate surface area is 178 Å². The van der Waals surface area contributed by atoms with Gasteiger partial charge in [-0.15, -0.1) is 10.2 Å². The van der Waals surface area contributed by atoms with E-state index < -0.39 is 0 Å². The van der Waals surface area contributed by atoms with Crippen molar-refractivity contribution in [3.05, 3.63) is 63.4 Å². The van der Waals surface area contributed by atoms with Crippen molar-refractivity contribution in [3.63, 3.8) is 0 Å². The molecule has 0 amide bonds. The summed E-state index contributed by atoms with van der Waals surface area (Å²) in [6, 6.07) is 12.7. The molecule has 0 aliphatic rings. The monoisotopic (exact) mass is 432 g/mol. The second-order valence-electron chi connectivity index (χ2n) is 5.99. The van der Waals surface area contributed by atoms with Crippen molar-refractivity contribution in [3.8, 4) is 11.5 Å². The predicted octanol–water partition coefficient (Wildman–Crippen LogP) is 4.36. The van der Waals surface area contributed by atoms with Gasteiger partial charge in [0, 0.05) is 23.0 Å². The summed E-state index contributed by atoms with van der Waals surface area (Å²) in [5.74, 6) is 2.11. The fourth-order valence-corrected chi connectivity index (χ4v) is 3.72. The zero-order chi connectivity index (χ0) is 20.8. The van der Waals surface area contributed by atoms with Crippen molar-refractivity contribution in [2.45, 2.75) is 24.4 Å². The van der Waals surface area contributed by atoms with Crippen LogP contribution in [0.5, 0.6) is 11.5 Å². The smallest absolute Gasteiger partial charge is 0.297 e. The summed E-state index contributed by atoms with van der Waals surface area (Å²) in [6.45, 7) is 2.38. The number of benzene rings is 2. The standard InChI is InChI=1S/C20H21ClN4O3S/c1-4-25-19(26)18(22-15-8-6-14(21)7-9-15)23-24-20(25)29-12-13-5-10-16(27-2)17(11-13)28-3/h5-11H,4,12H2,1-3H3,(H,22,23). The minimum absolute atomic E-state index is 0.171. The van der Waals surface area contributed by atoms with Crippen molar-refractivity contribution in [2.75, 3.05) is 19.5 Å². The van der Waals surface area contributed by atoms with Crippen LogP contribution >= 0.6 is 23.4 Å². The van der Waals surface area contributed by atoms with Crippen LogP contribution in [-0.2, 0) is 12.3 Å².